The van der Waals surface area contributed by atoms with Crippen LogP contribution in [-0.2, 0) is 24.1 Å². The van der Waals surface area contributed by atoms with Crippen molar-refractivity contribution in [1.29, 1.82) is 0 Å². The van der Waals surface area contributed by atoms with E-state index in [1.54, 1.807) is 0 Å². The summed E-state index contributed by atoms with van der Waals surface area (Å²) in [6.45, 7) is 12.4. The average Bonchev–Trinajstić information content (AvgIpc) is 2.97. The first-order chi connectivity index (χ1) is 12.1. The van der Waals surface area contributed by atoms with Gasteiger partial charge in [-0.05, 0) is 25.2 Å². The van der Waals surface area contributed by atoms with Crippen LogP contribution in [0.3, 0.4) is 0 Å². The number of aromatic nitrogens is 2. The molecule has 6 nitrogen and oxygen atoms in total. The van der Waals surface area contributed by atoms with Gasteiger partial charge in [0, 0.05) is 43.5 Å². The zero-order valence-electron chi connectivity index (χ0n) is 15.5. The third-order valence-electron chi connectivity index (χ3n) is 4.94. The zero-order valence-corrected chi connectivity index (χ0v) is 15.5. The van der Waals surface area contributed by atoms with Gasteiger partial charge in [0.1, 0.15) is 0 Å². The second kappa shape index (κ2) is 8.15. The third kappa shape index (κ3) is 4.12. The van der Waals surface area contributed by atoms with Crippen LogP contribution in [0.2, 0.25) is 0 Å². The van der Waals surface area contributed by atoms with Gasteiger partial charge in [0.15, 0.2) is 5.69 Å². The van der Waals surface area contributed by atoms with Crippen molar-refractivity contribution >= 4 is 5.91 Å². The second-order valence-corrected chi connectivity index (χ2v) is 7.39. The summed E-state index contributed by atoms with van der Waals surface area (Å²) < 4.78 is 7.46. The maximum Gasteiger partial charge on any atom is 0.274 e. The molecule has 1 aliphatic carbocycles. The van der Waals surface area contributed by atoms with Crippen LogP contribution in [0.15, 0.2) is 12.7 Å². The fourth-order valence-electron chi connectivity index (χ4n) is 3.70. The third-order valence-corrected chi connectivity index (χ3v) is 4.94. The molecule has 1 N–H and O–H groups in total. The van der Waals surface area contributed by atoms with Gasteiger partial charge in [-0.15, -0.1) is 6.58 Å². The van der Waals surface area contributed by atoms with Crippen molar-refractivity contribution in [2.45, 2.75) is 45.7 Å². The minimum Gasteiger partial charge on any atom is -0.378 e. The smallest absolute Gasteiger partial charge is 0.274 e. The Morgan fingerprint density at radius 2 is 2.20 bits per heavy atom. The average molecular weight is 346 g/mol. The summed E-state index contributed by atoms with van der Waals surface area (Å²) in [6.07, 6.45) is 4.81. The maximum absolute atomic E-state index is 13.0. The van der Waals surface area contributed by atoms with E-state index in [1.165, 1.54) is 5.69 Å². The normalized spacial score (nSPS) is 20.6. The molecule has 1 aromatic rings. The zero-order chi connectivity index (χ0) is 17.8. The van der Waals surface area contributed by atoms with Gasteiger partial charge in [-0.2, -0.15) is 5.10 Å². The minimum atomic E-state index is 0.0615. The highest BCUT2D eigenvalue weighted by molar-refractivity contribution is 5.94. The molecular weight excluding hydrogens is 316 g/mol. The number of rotatable bonds is 6. The number of amides is 1. The van der Waals surface area contributed by atoms with Gasteiger partial charge in [-0.3, -0.25) is 9.48 Å². The summed E-state index contributed by atoms with van der Waals surface area (Å²) in [7, 11) is 0. The molecule has 1 aliphatic heterocycles. The number of carbonyl (C=O) groups is 1. The number of carbonyl (C=O) groups excluding carboxylic acids is 1. The highest BCUT2D eigenvalue weighted by Crippen LogP contribution is 2.27. The Bertz CT molecular complexity index is 617. The van der Waals surface area contributed by atoms with Crippen LogP contribution in [0.25, 0.3) is 0 Å². The summed E-state index contributed by atoms with van der Waals surface area (Å²) in [6, 6.07) is 0.387. The molecule has 1 fully saturated rings. The lowest BCUT2D eigenvalue weighted by atomic mass is 9.91. The first kappa shape index (κ1) is 18.1. The van der Waals surface area contributed by atoms with Crippen LogP contribution in [0.5, 0.6) is 0 Å². The predicted molar refractivity (Wildman–Crippen MR) is 97.8 cm³/mol. The van der Waals surface area contributed by atoms with E-state index < -0.39 is 0 Å². The van der Waals surface area contributed by atoms with Gasteiger partial charge in [0.05, 0.1) is 13.2 Å². The van der Waals surface area contributed by atoms with Crippen molar-refractivity contribution in [3.8, 4) is 0 Å². The Kier molecular flexibility index (Phi) is 5.91. The monoisotopic (exact) mass is 346 g/mol. The molecule has 3 rings (SSSR count). The fourth-order valence-corrected chi connectivity index (χ4v) is 3.70. The standard InChI is InChI=1S/C19H30N4O2/c1-4-7-20-15-5-6-17-16(12-15)18(21-23(17)13-14(2)3)19(24)22-8-10-25-11-9-22/h4,14-15,20H,1,5-13H2,2-3H3. The lowest BCUT2D eigenvalue weighted by molar-refractivity contribution is 0.0297. The topological polar surface area (TPSA) is 59.4 Å². The fraction of sp³-hybridized carbons (Fsp3) is 0.684. The summed E-state index contributed by atoms with van der Waals surface area (Å²) >= 11 is 0. The molecule has 6 heteroatoms. The molecule has 2 aliphatic rings. The number of hydrogen-bond acceptors (Lipinski definition) is 4. The van der Waals surface area contributed by atoms with E-state index in [9.17, 15) is 4.79 Å². The summed E-state index contributed by atoms with van der Waals surface area (Å²) in [5.74, 6) is 0.568. The number of morpholine rings is 1. The summed E-state index contributed by atoms with van der Waals surface area (Å²) in [5, 5.41) is 8.27. The lowest BCUT2D eigenvalue weighted by Gasteiger charge is -2.27. The molecule has 0 aromatic carbocycles. The Morgan fingerprint density at radius 3 is 2.88 bits per heavy atom. The summed E-state index contributed by atoms with van der Waals surface area (Å²) in [5.41, 5.74) is 3.05. The van der Waals surface area contributed by atoms with Gasteiger partial charge < -0.3 is 15.0 Å². The van der Waals surface area contributed by atoms with Crippen LogP contribution in [0.1, 0.15) is 42.0 Å². The van der Waals surface area contributed by atoms with E-state index in [2.05, 4.69) is 30.4 Å². The Labute approximate surface area is 150 Å². The van der Waals surface area contributed by atoms with Crippen molar-refractivity contribution in [3.63, 3.8) is 0 Å². The van der Waals surface area contributed by atoms with Crippen molar-refractivity contribution in [2.24, 2.45) is 5.92 Å². The van der Waals surface area contributed by atoms with Crippen LogP contribution in [0, 0.1) is 5.92 Å². The molecule has 1 aromatic heterocycles. The lowest BCUT2D eigenvalue weighted by Crippen LogP contribution is -2.41. The van der Waals surface area contributed by atoms with Gasteiger partial charge in [0.2, 0.25) is 0 Å². The molecule has 0 saturated carbocycles. The van der Waals surface area contributed by atoms with E-state index in [-0.39, 0.29) is 5.91 Å². The van der Waals surface area contributed by atoms with E-state index in [4.69, 9.17) is 9.84 Å². The first-order valence-corrected chi connectivity index (χ1v) is 9.40. The van der Waals surface area contributed by atoms with E-state index in [1.807, 2.05) is 11.0 Å². The van der Waals surface area contributed by atoms with Crippen LogP contribution in [0.4, 0.5) is 0 Å². The number of nitrogens with one attached hydrogen (secondary N) is 1. The van der Waals surface area contributed by atoms with Crippen LogP contribution < -0.4 is 5.32 Å². The SMILES string of the molecule is C=CCNC1CCc2c(c(C(=O)N3CCOCC3)nn2CC(C)C)C1. The molecule has 0 spiro atoms. The van der Waals surface area contributed by atoms with Crippen molar-refractivity contribution in [1.82, 2.24) is 20.0 Å². The highest BCUT2D eigenvalue weighted by Gasteiger charge is 2.31. The number of hydrogen-bond donors (Lipinski definition) is 1. The van der Waals surface area contributed by atoms with Gasteiger partial charge in [-0.1, -0.05) is 19.9 Å². The molecule has 25 heavy (non-hydrogen) atoms. The van der Waals surface area contributed by atoms with Gasteiger partial charge in [-0.25, -0.2) is 0 Å². The number of fused-ring (bicyclic) bond motifs is 1. The Hall–Kier alpha value is -1.66. The second-order valence-electron chi connectivity index (χ2n) is 7.39. The molecule has 2 heterocycles. The predicted octanol–water partition coefficient (Wildman–Crippen LogP) is 1.64. The molecule has 1 atom stereocenters. The Morgan fingerprint density at radius 1 is 1.44 bits per heavy atom. The summed E-state index contributed by atoms with van der Waals surface area (Å²) in [4.78, 5) is 14.9. The van der Waals surface area contributed by atoms with Gasteiger partial charge in [0.25, 0.3) is 5.91 Å². The minimum absolute atomic E-state index is 0.0615. The molecule has 0 bridgehead atoms. The molecule has 1 unspecified atom stereocenters. The Balaban J connectivity index is 1.87. The van der Waals surface area contributed by atoms with E-state index in [0.29, 0.717) is 44.0 Å². The molecule has 138 valence electrons. The molecular formula is C19H30N4O2. The van der Waals surface area contributed by atoms with Crippen molar-refractivity contribution in [2.75, 3.05) is 32.8 Å². The van der Waals surface area contributed by atoms with Gasteiger partial charge >= 0.3 is 0 Å². The van der Waals surface area contributed by atoms with E-state index in [0.717, 1.165) is 37.9 Å². The van der Waals surface area contributed by atoms with Crippen LogP contribution in [-0.4, -0.2) is 59.5 Å². The number of nitrogens with zero attached hydrogens (tertiary/aromatic N) is 3. The quantitative estimate of drug-likeness (QED) is 0.796. The maximum atomic E-state index is 13.0. The molecule has 1 amide bonds. The first-order valence-electron chi connectivity index (χ1n) is 9.40. The number of ether oxygens (including phenoxy) is 1. The van der Waals surface area contributed by atoms with Crippen molar-refractivity contribution in [3.05, 3.63) is 29.6 Å². The van der Waals surface area contributed by atoms with Crippen LogP contribution >= 0.6 is 0 Å². The van der Waals surface area contributed by atoms with Crippen molar-refractivity contribution < 1.29 is 9.53 Å². The van der Waals surface area contributed by atoms with E-state index >= 15 is 0 Å². The molecule has 1 saturated heterocycles. The largest absolute Gasteiger partial charge is 0.378 e. The molecule has 0 radical (unpaired) electrons. The highest BCUT2D eigenvalue weighted by atomic mass is 16.5.